The summed E-state index contributed by atoms with van der Waals surface area (Å²) in [5.41, 5.74) is -3.73. The highest BCUT2D eigenvalue weighted by Gasteiger charge is 2.43. The van der Waals surface area contributed by atoms with E-state index in [-0.39, 0.29) is 17.0 Å². The first kappa shape index (κ1) is 19.1. The van der Waals surface area contributed by atoms with E-state index in [2.05, 4.69) is 0 Å². The number of halogens is 6. The molecule has 2 aromatic rings. The highest BCUT2D eigenvalue weighted by Crippen LogP contribution is 2.41. The summed E-state index contributed by atoms with van der Waals surface area (Å²) >= 11 is 0. The molecule has 0 fully saturated rings. The third-order valence-corrected chi connectivity index (χ3v) is 4.61. The molecule has 0 unspecified atom stereocenters. The molecule has 0 amide bonds. The van der Waals surface area contributed by atoms with E-state index >= 15 is 0 Å². The minimum absolute atomic E-state index is 0.120. The molecule has 0 heterocycles. The Labute approximate surface area is 139 Å². The number of hydrogen-bond acceptors (Lipinski definition) is 2. The molecule has 0 atom stereocenters. The Morgan fingerprint density at radius 3 is 1.80 bits per heavy atom. The van der Waals surface area contributed by atoms with Gasteiger partial charge < -0.3 is 0 Å². The Hall–Kier alpha value is -2.23. The van der Waals surface area contributed by atoms with Crippen LogP contribution >= 0.6 is 0 Å². The van der Waals surface area contributed by atoms with Gasteiger partial charge in [-0.05, 0) is 37.3 Å². The topological polar surface area (TPSA) is 46.2 Å². The summed E-state index contributed by atoms with van der Waals surface area (Å²) in [6.07, 6.45) is -10.5. The maximum atomic E-state index is 12.9. The normalized spacial score (nSPS) is 12.9. The first-order valence-electron chi connectivity index (χ1n) is 6.68. The van der Waals surface area contributed by atoms with E-state index in [0.29, 0.717) is 6.07 Å². The predicted octanol–water partition coefficient (Wildman–Crippen LogP) is 4.83. The van der Waals surface area contributed by atoms with Gasteiger partial charge in [0, 0.05) is 5.69 Å². The van der Waals surface area contributed by atoms with E-state index in [1.54, 1.807) is 6.92 Å². The van der Waals surface area contributed by atoms with Crippen molar-refractivity contribution < 1.29 is 34.8 Å². The molecule has 0 aliphatic heterocycles. The van der Waals surface area contributed by atoms with Crippen LogP contribution in [0.2, 0.25) is 0 Å². The van der Waals surface area contributed by atoms with Crippen molar-refractivity contribution in [3.05, 3.63) is 59.2 Å². The fourth-order valence-corrected chi connectivity index (χ4v) is 3.07. The second kappa shape index (κ2) is 6.25. The SMILES string of the molecule is Cc1ccc(S(=O)(=O)Nc2ccc(C(F)(F)F)c(C(F)(F)F)c2)cc1. The van der Waals surface area contributed by atoms with Crippen LogP contribution in [0.25, 0.3) is 0 Å². The van der Waals surface area contributed by atoms with E-state index in [9.17, 15) is 34.8 Å². The first-order chi connectivity index (χ1) is 11.3. The summed E-state index contributed by atoms with van der Waals surface area (Å²) in [5, 5.41) is 0. The van der Waals surface area contributed by atoms with Crippen LogP contribution in [-0.2, 0) is 22.4 Å². The van der Waals surface area contributed by atoms with Gasteiger partial charge in [-0.15, -0.1) is 0 Å². The van der Waals surface area contributed by atoms with Gasteiger partial charge in [-0.2, -0.15) is 26.3 Å². The first-order valence-corrected chi connectivity index (χ1v) is 8.17. The van der Waals surface area contributed by atoms with Crippen molar-refractivity contribution in [2.75, 3.05) is 4.72 Å². The van der Waals surface area contributed by atoms with Crippen molar-refractivity contribution in [3.63, 3.8) is 0 Å². The molecule has 10 heteroatoms. The van der Waals surface area contributed by atoms with E-state index in [4.69, 9.17) is 0 Å². The molecule has 0 bridgehead atoms. The molecule has 0 saturated heterocycles. The number of anilines is 1. The number of rotatable bonds is 3. The lowest BCUT2D eigenvalue weighted by molar-refractivity contribution is -0.162. The van der Waals surface area contributed by atoms with Gasteiger partial charge in [0.2, 0.25) is 0 Å². The van der Waals surface area contributed by atoms with Gasteiger partial charge in [0.25, 0.3) is 10.0 Å². The van der Waals surface area contributed by atoms with E-state index < -0.39 is 39.2 Å². The molecule has 0 radical (unpaired) electrons. The van der Waals surface area contributed by atoms with Crippen LogP contribution in [0.5, 0.6) is 0 Å². The van der Waals surface area contributed by atoms with E-state index in [1.807, 2.05) is 4.72 Å². The van der Waals surface area contributed by atoms with Gasteiger partial charge in [0.05, 0.1) is 16.0 Å². The molecule has 136 valence electrons. The van der Waals surface area contributed by atoms with Crippen LogP contribution in [0, 0.1) is 6.92 Å². The van der Waals surface area contributed by atoms with Crippen molar-refractivity contribution in [1.29, 1.82) is 0 Å². The summed E-state index contributed by atoms with van der Waals surface area (Å²) in [7, 11) is -4.24. The Kier molecular flexibility index (Phi) is 4.77. The molecule has 2 aromatic carbocycles. The van der Waals surface area contributed by atoms with Crippen molar-refractivity contribution in [3.8, 4) is 0 Å². The Morgan fingerprint density at radius 2 is 1.32 bits per heavy atom. The summed E-state index contributed by atoms with van der Waals surface area (Å²) in [6.45, 7) is 1.70. The molecule has 0 saturated carbocycles. The minimum Gasteiger partial charge on any atom is -0.280 e. The van der Waals surface area contributed by atoms with Crippen LogP contribution in [0.4, 0.5) is 32.0 Å². The fraction of sp³-hybridized carbons (Fsp3) is 0.200. The number of hydrogen-bond donors (Lipinski definition) is 1. The molecule has 0 aliphatic carbocycles. The minimum atomic E-state index is -5.30. The average molecular weight is 383 g/mol. The molecular formula is C15H11F6NO2S. The van der Waals surface area contributed by atoms with Gasteiger partial charge in [-0.1, -0.05) is 17.7 Å². The molecule has 2 rings (SSSR count). The second-order valence-electron chi connectivity index (χ2n) is 5.17. The highest BCUT2D eigenvalue weighted by molar-refractivity contribution is 7.92. The lowest BCUT2D eigenvalue weighted by Crippen LogP contribution is -2.18. The Bertz CT molecular complexity index is 870. The number of nitrogens with one attached hydrogen (secondary N) is 1. The molecule has 0 aliphatic rings. The summed E-state index contributed by atoms with van der Waals surface area (Å²) < 4.78 is 103. The summed E-state index contributed by atoms with van der Waals surface area (Å²) in [4.78, 5) is -0.230. The van der Waals surface area contributed by atoms with E-state index in [0.717, 1.165) is 5.56 Å². The number of aryl methyl sites for hydroxylation is 1. The van der Waals surface area contributed by atoms with Crippen LogP contribution < -0.4 is 4.72 Å². The molecule has 1 N–H and O–H groups in total. The number of alkyl halides is 6. The smallest absolute Gasteiger partial charge is 0.280 e. The van der Waals surface area contributed by atoms with Crippen LogP contribution in [0.1, 0.15) is 16.7 Å². The lowest BCUT2D eigenvalue weighted by atomic mass is 10.1. The second-order valence-corrected chi connectivity index (χ2v) is 6.86. The largest absolute Gasteiger partial charge is 0.417 e. The number of sulfonamides is 1. The third kappa shape index (κ3) is 4.44. The zero-order valence-corrected chi connectivity index (χ0v) is 13.4. The standard InChI is InChI=1S/C15H11F6NO2S/c1-9-2-5-11(6-3-9)25(23,24)22-10-4-7-12(14(16,17)18)13(8-10)15(19,20)21/h2-8,22H,1H3. The van der Waals surface area contributed by atoms with Gasteiger partial charge in [0.1, 0.15) is 0 Å². The maximum Gasteiger partial charge on any atom is 0.417 e. The van der Waals surface area contributed by atoms with Crippen LogP contribution in [0.3, 0.4) is 0 Å². The van der Waals surface area contributed by atoms with E-state index in [1.165, 1.54) is 24.3 Å². The molecule has 25 heavy (non-hydrogen) atoms. The van der Waals surface area contributed by atoms with Gasteiger partial charge in [-0.3, -0.25) is 4.72 Å². The van der Waals surface area contributed by atoms with Crippen molar-refractivity contribution >= 4 is 15.7 Å². The molecular weight excluding hydrogens is 372 g/mol. The quantitative estimate of drug-likeness (QED) is 0.772. The van der Waals surface area contributed by atoms with Gasteiger partial charge >= 0.3 is 12.4 Å². The lowest BCUT2D eigenvalue weighted by Gasteiger charge is -2.17. The van der Waals surface area contributed by atoms with Gasteiger partial charge in [-0.25, -0.2) is 8.42 Å². The van der Waals surface area contributed by atoms with Gasteiger partial charge in [0.15, 0.2) is 0 Å². The van der Waals surface area contributed by atoms with Crippen LogP contribution in [-0.4, -0.2) is 8.42 Å². The third-order valence-electron chi connectivity index (χ3n) is 3.21. The maximum absolute atomic E-state index is 12.9. The zero-order valence-electron chi connectivity index (χ0n) is 12.5. The van der Waals surface area contributed by atoms with Crippen LogP contribution in [0.15, 0.2) is 47.4 Å². The molecule has 0 aromatic heterocycles. The van der Waals surface area contributed by atoms with Crippen molar-refractivity contribution in [2.45, 2.75) is 24.2 Å². The number of benzene rings is 2. The Balaban J connectivity index is 2.45. The highest BCUT2D eigenvalue weighted by atomic mass is 32.2. The fourth-order valence-electron chi connectivity index (χ4n) is 2.02. The summed E-state index contributed by atoms with van der Waals surface area (Å²) in [6, 6.07) is 6.35. The molecule has 3 nitrogen and oxygen atoms in total. The predicted molar refractivity (Wildman–Crippen MR) is 78.4 cm³/mol. The average Bonchev–Trinajstić information content (AvgIpc) is 2.45. The zero-order chi connectivity index (χ0) is 19.0. The summed E-state index contributed by atoms with van der Waals surface area (Å²) in [5.74, 6) is 0. The monoisotopic (exact) mass is 383 g/mol. The Morgan fingerprint density at radius 1 is 0.800 bits per heavy atom. The van der Waals surface area contributed by atoms with Crippen molar-refractivity contribution in [2.24, 2.45) is 0 Å². The molecule has 0 spiro atoms. The van der Waals surface area contributed by atoms with Crippen molar-refractivity contribution in [1.82, 2.24) is 0 Å².